The van der Waals surface area contributed by atoms with Crippen molar-refractivity contribution in [2.24, 2.45) is 5.41 Å². The Hall–Kier alpha value is -2.17. The summed E-state index contributed by atoms with van der Waals surface area (Å²) in [6, 6.07) is 17.2. The molecule has 0 aliphatic heterocycles. The summed E-state index contributed by atoms with van der Waals surface area (Å²) in [6.07, 6.45) is 0.982. The molecule has 1 aliphatic carbocycles. The quantitative estimate of drug-likeness (QED) is 0.735. The monoisotopic (exact) mass is 311 g/mol. The molecule has 120 valence electrons. The van der Waals surface area contributed by atoms with Crippen LogP contribution in [0.2, 0.25) is 0 Å². The maximum atomic E-state index is 11.0. The summed E-state index contributed by atoms with van der Waals surface area (Å²) in [7, 11) is 0. The molecule has 4 heteroatoms. The molecule has 1 fully saturated rings. The number of rotatable bonds is 7. The van der Waals surface area contributed by atoms with Gasteiger partial charge in [-0.05, 0) is 35.6 Å². The minimum Gasteiger partial charge on any atom is -0.478 e. The van der Waals surface area contributed by atoms with Gasteiger partial charge in [-0.1, -0.05) is 42.5 Å². The first kappa shape index (κ1) is 15.7. The zero-order valence-electron chi connectivity index (χ0n) is 12.9. The minimum atomic E-state index is -0.912. The van der Waals surface area contributed by atoms with Crippen molar-refractivity contribution in [3.63, 3.8) is 0 Å². The molecular weight excluding hydrogens is 290 g/mol. The van der Waals surface area contributed by atoms with E-state index in [-0.39, 0.29) is 12.0 Å². The van der Waals surface area contributed by atoms with Crippen LogP contribution in [0.1, 0.15) is 33.8 Å². The molecule has 1 aliphatic rings. The summed E-state index contributed by atoms with van der Waals surface area (Å²) in [5.74, 6) is -0.517. The van der Waals surface area contributed by atoms with E-state index in [0.29, 0.717) is 18.0 Å². The van der Waals surface area contributed by atoms with E-state index < -0.39 is 5.97 Å². The SMILES string of the molecule is O=C(O)c1cccc(CNCC2(CO)CC2c2ccccc2)c1. The number of aromatic carboxylic acids is 1. The molecule has 1 saturated carbocycles. The number of carbonyl (C=O) groups is 1. The third kappa shape index (κ3) is 3.44. The van der Waals surface area contributed by atoms with Gasteiger partial charge in [0, 0.05) is 18.5 Å². The smallest absolute Gasteiger partial charge is 0.335 e. The van der Waals surface area contributed by atoms with Crippen LogP contribution in [0.25, 0.3) is 0 Å². The average molecular weight is 311 g/mol. The van der Waals surface area contributed by atoms with Crippen LogP contribution in [0.5, 0.6) is 0 Å². The molecule has 2 atom stereocenters. The van der Waals surface area contributed by atoms with E-state index in [4.69, 9.17) is 5.11 Å². The summed E-state index contributed by atoms with van der Waals surface area (Å²) < 4.78 is 0. The summed E-state index contributed by atoms with van der Waals surface area (Å²) in [4.78, 5) is 11.0. The summed E-state index contributed by atoms with van der Waals surface area (Å²) in [6.45, 7) is 1.49. The molecule has 0 spiro atoms. The first-order valence-corrected chi connectivity index (χ1v) is 7.83. The Morgan fingerprint density at radius 3 is 2.65 bits per heavy atom. The second-order valence-corrected chi connectivity index (χ2v) is 6.30. The van der Waals surface area contributed by atoms with Crippen LogP contribution in [0.15, 0.2) is 54.6 Å². The molecule has 3 rings (SSSR count). The molecule has 0 amide bonds. The normalized spacial score (nSPS) is 22.7. The fraction of sp³-hybridized carbons (Fsp3) is 0.316. The van der Waals surface area contributed by atoms with Crippen LogP contribution in [-0.4, -0.2) is 29.3 Å². The van der Waals surface area contributed by atoms with Crippen molar-refractivity contribution in [1.82, 2.24) is 5.32 Å². The Labute approximate surface area is 135 Å². The van der Waals surface area contributed by atoms with Crippen molar-refractivity contribution in [3.05, 3.63) is 71.3 Å². The number of aliphatic hydroxyl groups is 1. The van der Waals surface area contributed by atoms with E-state index in [1.165, 1.54) is 5.56 Å². The predicted octanol–water partition coefficient (Wildman–Crippen LogP) is 2.64. The molecule has 0 saturated heterocycles. The second kappa shape index (κ2) is 6.52. The highest BCUT2D eigenvalue weighted by atomic mass is 16.4. The van der Waals surface area contributed by atoms with Gasteiger partial charge in [-0.25, -0.2) is 4.79 Å². The number of nitrogens with one attached hydrogen (secondary N) is 1. The Morgan fingerprint density at radius 1 is 1.17 bits per heavy atom. The van der Waals surface area contributed by atoms with E-state index >= 15 is 0 Å². The van der Waals surface area contributed by atoms with Crippen molar-refractivity contribution in [3.8, 4) is 0 Å². The van der Waals surface area contributed by atoms with Crippen molar-refractivity contribution >= 4 is 5.97 Å². The topological polar surface area (TPSA) is 69.6 Å². The van der Waals surface area contributed by atoms with E-state index in [2.05, 4.69) is 17.4 Å². The maximum Gasteiger partial charge on any atom is 0.335 e. The summed E-state index contributed by atoms with van der Waals surface area (Å²) in [5, 5.41) is 22.2. The van der Waals surface area contributed by atoms with Gasteiger partial charge in [-0.15, -0.1) is 0 Å². The molecule has 23 heavy (non-hydrogen) atoms. The van der Waals surface area contributed by atoms with Gasteiger partial charge >= 0.3 is 5.97 Å². The molecule has 0 aromatic heterocycles. The fourth-order valence-electron chi connectivity index (χ4n) is 3.20. The van der Waals surface area contributed by atoms with Gasteiger partial charge < -0.3 is 15.5 Å². The van der Waals surface area contributed by atoms with Crippen LogP contribution in [0.4, 0.5) is 0 Å². The first-order valence-electron chi connectivity index (χ1n) is 7.83. The number of carboxylic acid groups (broad SMARTS) is 1. The van der Waals surface area contributed by atoms with Crippen LogP contribution < -0.4 is 5.32 Å². The maximum absolute atomic E-state index is 11.0. The van der Waals surface area contributed by atoms with Crippen molar-refractivity contribution in [2.45, 2.75) is 18.9 Å². The van der Waals surface area contributed by atoms with Crippen molar-refractivity contribution in [1.29, 1.82) is 0 Å². The Morgan fingerprint density at radius 2 is 1.96 bits per heavy atom. The third-order valence-corrected chi connectivity index (χ3v) is 4.69. The lowest BCUT2D eigenvalue weighted by atomic mass is 9.99. The second-order valence-electron chi connectivity index (χ2n) is 6.30. The van der Waals surface area contributed by atoms with E-state index in [0.717, 1.165) is 18.5 Å². The molecule has 2 aromatic rings. The summed E-state index contributed by atoms with van der Waals surface area (Å²) in [5.41, 5.74) is 2.42. The highest BCUT2D eigenvalue weighted by Crippen LogP contribution is 2.58. The Kier molecular flexibility index (Phi) is 4.46. The van der Waals surface area contributed by atoms with Crippen LogP contribution in [0, 0.1) is 5.41 Å². The molecule has 0 radical (unpaired) electrons. The molecule has 2 unspecified atom stereocenters. The van der Waals surface area contributed by atoms with Crippen molar-refractivity contribution in [2.75, 3.05) is 13.2 Å². The largest absolute Gasteiger partial charge is 0.478 e. The lowest BCUT2D eigenvalue weighted by Gasteiger charge is -2.16. The fourth-order valence-corrected chi connectivity index (χ4v) is 3.20. The highest BCUT2D eigenvalue weighted by Gasteiger charge is 2.53. The van der Waals surface area contributed by atoms with E-state index in [1.807, 2.05) is 24.3 Å². The molecule has 0 heterocycles. The number of hydrogen-bond acceptors (Lipinski definition) is 3. The van der Waals surface area contributed by atoms with Crippen LogP contribution >= 0.6 is 0 Å². The predicted molar refractivity (Wildman–Crippen MR) is 88.4 cm³/mol. The molecule has 3 N–H and O–H groups in total. The Balaban J connectivity index is 1.58. The molecule has 2 aromatic carbocycles. The van der Waals surface area contributed by atoms with E-state index in [9.17, 15) is 9.90 Å². The summed E-state index contributed by atoms with van der Waals surface area (Å²) >= 11 is 0. The van der Waals surface area contributed by atoms with E-state index in [1.54, 1.807) is 18.2 Å². The third-order valence-electron chi connectivity index (χ3n) is 4.69. The van der Waals surface area contributed by atoms with Gasteiger partial charge in [-0.2, -0.15) is 0 Å². The number of aliphatic hydroxyl groups excluding tert-OH is 1. The molecule has 0 bridgehead atoms. The molecule has 4 nitrogen and oxygen atoms in total. The average Bonchev–Trinajstić information content (AvgIpc) is 3.31. The number of hydrogen-bond donors (Lipinski definition) is 3. The van der Waals surface area contributed by atoms with Crippen LogP contribution in [0.3, 0.4) is 0 Å². The van der Waals surface area contributed by atoms with Gasteiger partial charge in [-0.3, -0.25) is 0 Å². The Bertz CT molecular complexity index is 686. The standard InChI is InChI=1S/C19H21NO3/c21-13-19(10-17(19)15-6-2-1-3-7-15)12-20-11-14-5-4-8-16(9-14)18(22)23/h1-9,17,20-21H,10-13H2,(H,22,23). The lowest BCUT2D eigenvalue weighted by molar-refractivity contribution is 0.0696. The van der Waals surface area contributed by atoms with Gasteiger partial charge in [0.15, 0.2) is 0 Å². The first-order chi connectivity index (χ1) is 11.1. The minimum absolute atomic E-state index is 0.0915. The molecular formula is C19H21NO3. The van der Waals surface area contributed by atoms with Gasteiger partial charge in [0.05, 0.1) is 12.2 Å². The highest BCUT2D eigenvalue weighted by molar-refractivity contribution is 5.87. The van der Waals surface area contributed by atoms with Crippen molar-refractivity contribution < 1.29 is 15.0 Å². The zero-order chi connectivity index (χ0) is 16.3. The number of carboxylic acids is 1. The van der Waals surface area contributed by atoms with Gasteiger partial charge in [0.25, 0.3) is 0 Å². The zero-order valence-corrected chi connectivity index (χ0v) is 12.9. The van der Waals surface area contributed by atoms with Gasteiger partial charge in [0.1, 0.15) is 0 Å². The number of benzene rings is 2. The van der Waals surface area contributed by atoms with Gasteiger partial charge in [0.2, 0.25) is 0 Å². The lowest BCUT2D eigenvalue weighted by Crippen LogP contribution is -2.27. The van der Waals surface area contributed by atoms with Crippen LogP contribution in [-0.2, 0) is 6.54 Å².